The lowest BCUT2D eigenvalue weighted by atomic mass is 10.1. The maximum absolute atomic E-state index is 12.9. The molecule has 0 amide bonds. The lowest BCUT2D eigenvalue weighted by Gasteiger charge is -2.07. The van der Waals surface area contributed by atoms with Crippen molar-refractivity contribution >= 4 is 22.7 Å². The number of nitrogens with zero attached hydrogens (tertiary/aromatic N) is 1. The van der Waals surface area contributed by atoms with E-state index in [1.165, 1.54) is 0 Å². The Balaban J connectivity index is 2.32. The van der Waals surface area contributed by atoms with Crippen molar-refractivity contribution in [2.75, 3.05) is 0 Å². The van der Waals surface area contributed by atoms with Gasteiger partial charge in [-0.1, -0.05) is 60.3 Å². The molecular weight excluding hydrogens is 276 g/mol. The smallest absolute Gasteiger partial charge is 0.289 e. The van der Waals surface area contributed by atoms with Crippen LogP contribution in [0.1, 0.15) is 0 Å². The van der Waals surface area contributed by atoms with Gasteiger partial charge < -0.3 is 4.57 Å². The molecule has 4 heteroatoms. The lowest BCUT2D eigenvalue weighted by Crippen LogP contribution is -1.92. The predicted molar refractivity (Wildman–Crippen MR) is 80.2 cm³/mol. The highest BCUT2D eigenvalue weighted by atomic mass is 32.2. The Kier molecular flexibility index (Phi) is 3.49. The third kappa shape index (κ3) is 2.20. The molecule has 2 aromatic carbocycles. The van der Waals surface area contributed by atoms with Gasteiger partial charge in [-0.05, 0) is 11.6 Å². The molecule has 20 heavy (non-hydrogen) atoms. The normalized spacial score (nSPS) is 11.4. The fourth-order valence-electron chi connectivity index (χ4n) is 2.49. The van der Waals surface area contributed by atoms with Crippen LogP contribution in [-0.2, 0) is 7.05 Å². The number of aromatic nitrogens is 1. The maximum Gasteiger partial charge on any atom is 0.289 e. The summed E-state index contributed by atoms with van der Waals surface area (Å²) < 4.78 is 27.8. The first kappa shape index (κ1) is 13.2. The van der Waals surface area contributed by atoms with E-state index >= 15 is 0 Å². The number of alkyl halides is 2. The fraction of sp³-hybridized carbons (Fsp3) is 0.125. The van der Waals surface area contributed by atoms with Crippen LogP contribution in [0.5, 0.6) is 0 Å². The summed E-state index contributed by atoms with van der Waals surface area (Å²) in [5.41, 5.74) is 2.76. The monoisotopic (exact) mass is 289 g/mol. The standard InChI is InChI=1S/C16H13F2NS/c1-19-13-10-6-5-9-12(13)15(20-16(17)18)14(19)11-7-3-2-4-8-11/h2-10,16H,1H3. The van der Waals surface area contributed by atoms with Crippen LogP contribution in [0.4, 0.5) is 8.78 Å². The quantitative estimate of drug-likeness (QED) is 0.603. The molecule has 0 saturated carbocycles. The van der Waals surface area contributed by atoms with Gasteiger partial charge >= 0.3 is 0 Å². The molecular formula is C16H13F2NS. The Labute approximate surface area is 120 Å². The van der Waals surface area contributed by atoms with Gasteiger partial charge in [0.1, 0.15) is 0 Å². The average molecular weight is 289 g/mol. The van der Waals surface area contributed by atoms with E-state index in [-0.39, 0.29) is 0 Å². The summed E-state index contributed by atoms with van der Waals surface area (Å²) in [6.07, 6.45) is 0. The number of rotatable bonds is 3. The van der Waals surface area contributed by atoms with Gasteiger partial charge in [0, 0.05) is 22.8 Å². The second-order valence-electron chi connectivity index (χ2n) is 4.50. The average Bonchev–Trinajstić information content (AvgIpc) is 2.73. The van der Waals surface area contributed by atoms with Crippen molar-refractivity contribution in [1.82, 2.24) is 4.57 Å². The van der Waals surface area contributed by atoms with Crippen molar-refractivity contribution in [3.63, 3.8) is 0 Å². The molecule has 0 spiro atoms. The largest absolute Gasteiger partial charge is 0.343 e. The van der Waals surface area contributed by atoms with Crippen LogP contribution < -0.4 is 0 Å². The van der Waals surface area contributed by atoms with Crippen molar-refractivity contribution < 1.29 is 8.78 Å². The van der Waals surface area contributed by atoms with Crippen LogP contribution in [0.2, 0.25) is 0 Å². The molecule has 3 rings (SSSR count). The molecule has 0 N–H and O–H groups in total. The molecule has 3 aromatic rings. The number of hydrogen-bond acceptors (Lipinski definition) is 1. The van der Waals surface area contributed by atoms with Crippen LogP contribution in [-0.4, -0.2) is 10.3 Å². The highest BCUT2D eigenvalue weighted by molar-refractivity contribution is 8.00. The molecule has 0 aliphatic rings. The number of fused-ring (bicyclic) bond motifs is 1. The van der Waals surface area contributed by atoms with Crippen molar-refractivity contribution in [1.29, 1.82) is 0 Å². The third-order valence-electron chi connectivity index (χ3n) is 3.31. The molecule has 1 heterocycles. The van der Waals surface area contributed by atoms with Gasteiger partial charge in [0.25, 0.3) is 5.76 Å². The Morgan fingerprint density at radius 1 is 0.950 bits per heavy atom. The van der Waals surface area contributed by atoms with E-state index in [0.29, 0.717) is 16.7 Å². The van der Waals surface area contributed by atoms with Gasteiger partial charge in [0.2, 0.25) is 0 Å². The molecule has 0 saturated heterocycles. The molecule has 0 aliphatic carbocycles. The molecule has 0 unspecified atom stereocenters. The Hall–Kier alpha value is -1.81. The summed E-state index contributed by atoms with van der Waals surface area (Å²) in [6, 6.07) is 17.3. The van der Waals surface area contributed by atoms with E-state index in [9.17, 15) is 8.78 Å². The van der Waals surface area contributed by atoms with Gasteiger partial charge in [-0.2, -0.15) is 8.78 Å². The molecule has 0 bridgehead atoms. The summed E-state index contributed by atoms with van der Waals surface area (Å²) in [7, 11) is 1.92. The van der Waals surface area contributed by atoms with E-state index < -0.39 is 5.76 Å². The number of aryl methyl sites for hydroxylation is 1. The van der Waals surface area contributed by atoms with Gasteiger partial charge in [0.05, 0.1) is 5.69 Å². The van der Waals surface area contributed by atoms with E-state index in [1.807, 2.05) is 66.2 Å². The minimum atomic E-state index is -2.43. The Morgan fingerprint density at radius 3 is 2.30 bits per heavy atom. The first-order valence-corrected chi connectivity index (χ1v) is 7.14. The highest BCUT2D eigenvalue weighted by Crippen LogP contribution is 2.41. The van der Waals surface area contributed by atoms with Crippen LogP contribution in [0.3, 0.4) is 0 Å². The van der Waals surface area contributed by atoms with Crippen molar-refractivity contribution in [2.24, 2.45) is 7.05 Å². The zero-order chi connectivity index (χ0) is 14.1. The molecule has 0 atom stereocenters. The molecule has 0 radical (unpaired) electrons. The zero-order valence-corrected chi connectivity index (χ0v) is 11.7. The molecule has 102 valence electrons. The van der Waals surface area contributed by atoms with Gasteiger partial charge in [-0.15, -0.1) is 0 Å². The maximum atomic E-state index is 12.9. The fourth-order valence-corrected chi connectivity index (χ4v) is 3.33. The van der Waals surface area contributed by atoms with Crippen LogP contribution in [0, 0.1) is 0 Å². The SMILES string of the molecule is Cn1c(-c2ccccc2)c(SC(F)F)c2ccccc21. The lowest BCUT2D eigenvalue weighted by molar-refractivity contribution is 0.252. The van der Waals surface area contributed by atoms with E-state index in [4.69, 9.17) is 0 Å². The second-order valence-corrected chi connectivity index (χ2v) is 5.50. The first-order valence-electron chi connectivity index (χ1n) is 6.26. The van der Waals surface area contributed by atoms with Gasteiger partial charge in [0.15, 0.2) is 0 Å². The first-order chi connectivity index (χ1) is 9.68. The van der Waals surface area contributed by atoms with E-state index in [0.717, 1.165) is 22.2 Å². The Morgan fingerprint density at radius 2 is 1.60 bits per heavy atom. The summed E-state index contributed by atoms with van der Waals surface area (Å²) >= 11 is 0.616. The van der Waals surface area contributed by atoms with Crippen LogP contribution in [0.15, 0.2) is 59.5 Å². The Bertz CT molecular complexity index is 735. The summed E-state index contributed by atoms with van der Waals surface area (Å²) in [5.74, 6) is -2.43. The van der Waals surface area contributed by atoms with Crippen molar-refractivity contribution in [2.45, 2.75) is 10.7 Å². The summed E-state index contributed by atoms with van der Waals surface area (Å²) in [5, 5.41) is 0.874. The van der Waals surface area contributed by atoms with Crippen molar-refractivity contribution in [3.8, 4) is 11.3 Å². The minimum absolute atomic E-state index is 0.616. The highest BCUT2D eigenvalue weighted by Gasteiger charge is 2.19. The van der Waals surface area contributed by atoms with Crippen molar-refractivity contribution in [3.05, 3.63) is 54.6 Å². The topological polar surface area (TPSA) is 4.93 Å². The second kappa shape index (κ2) is 5.29. The summed E-state index contributed by atoms with van der Waals surface area (Å²) in [6.45, 7) is 0. The molecule has 0 fully saturated rings. The third-order valence-corrected chi connectivity index (χ3v) is 4.14. The minimum Gasteiger partial charge on any atom is -0.343 e. The number of hydrogen-bond donors (Lipinski definition) is 0. The molecule has 1 aromatic heterocycles. The zero-order valence-electron chi connectivity index (χ0n) is 10.9. The number of halogens is 2. The number of benzene rings is 2. The van der Waals surface area contributed by atoms with E-state index in [2.05, 4.69) is 0 Å². The van der Waals surface area contributed by atoms with Gasteiger partial charge in [-0.3, -0.25) is 0 Å². The molecule has 0 aliphatic heterocycles. The number of para-hydroxylation sites is 1. The van der Waals surface area contributed by atoms with Gasteiger partial charge in [-0.25, -0.2) is 0 Å². The van der Waals surface area contributed by atoms with Crippen LogP contribution in [0.25, 0.3) is 22.2 Å². The molecule has 1 nitrogen and oxygen atoms in total. The number of thioether (sulfide) groups is 1. The van der Waals surface area contributed by atoms with Crippen LogP contribution >= 0.6 is 11.8 Å². The predicted octanol–water partition coefficient (Wildman–Crippen LogP) is 5.16. The van der Waals surface area contributed by atoms with E-state index in [1.54, 1.807) is 0 Å². The summed E-state index contributed by atoms with van der Waals surface area (Å²) in [4.78, 5) is 0.643.